The molecule has 1 saturated carbocycles. The van der Waals surface area contributed by atoms with E-state index in [0.29, 0.717) is 43.2 Å². The molecular weight excluding hydrogens is 461 g/mol. The fourth-order valence-electron chi connectivity index (χ4n) is 4.61. The van der Waals surface area contributed by atoms with Gasteiger partial charge in [0.15, 0.2) is 0 Å². The molecule has 2 aromatic carbocycles. The Hall–Kier alpha value is -2.97. The summed E-state index contributed by atoms with van der Waals surface area (Å²) in [6.45, 7) is 6.17. The Labute approximate surface area is 212 Å². The van der Waals surface area contributed by atoms with Crippen LogP contribution in [0.2, 0.25) is 0 Å². The van der Waals surface area contributed by atoms with Gasteiger partial charge in [0, 0.05) is 51.4 Å². The Bertz CT molecular complexity index is 1090. The topological polar surface area (TPSA) is 71.1 Å². The second-order valence-electron chi connectivity index (χ2n) is 10.1. The minimum atomic E-state index is -0.257. The Morgan fingerprint density at radius 1 is 1.17 bits per heavy atom. The summed E-state index contributed by atoms with van der Waals surface area (Å²) in [4.78, 5) is 29.6. The Morgan fingerprint density at radius 2 is 1.94 bits per heavy atom. The number of hydrogen-bond donors (Lipinski definition) is 1. The lowest BCUT2D eigenvalue weighted by Gasteiger charge is -2.36. The van der Waals surface area contributed by atoms with E-state index in [1.165, 1.54) is 6.07 Å². The van der Waals surface area contributed by atoms with Crippen molar-refractivity contribution in [2.24, 2.45) is 11.8 Å². The van der Waals surface area contributed by atoms with Gasteiger partial charge in [-0.3, -0.25) is 14.5 Å². The molecule has 2 aliphatic rings. The third-order valence-electron chi connectivity index (χ3n) is 7.06. The number of hydrogen-bond acceptors (Lipinski definition) is 5. The van der Waals surface area contributed by atoms with E-state index in [0.717, 1.165) is 18.4 Å². The molecule has 0 aromatic heterocycles. The number of fused-ring (bicyclic) bond motifs is 1. The number of ether oxygens (including phenoxy) is 2. The summed E-state index contributed by atoms with van der Waals surface area (Å²) in [5.41, 5.74) is 1.87. The van der Waals surface area contributed by atoms with E-state index in [1.54, 1.807) is 49.4 Å². The van der Waals surface area contributed by atoms with E-state index < -0.39 is 0 Å². The summed E-state index contributed by atoms with van der Waals surface area (Å²) in [5, 5.41) is 2.92. The van der Waals surface area contributed by atoms with E-state index >= 15 is 0 Å². The standard InChI is InChI=1S/C28H36FN3O4/c1-18-14-32(15-20-6-5-7-22(29)12-20)19(2)17-36-25-11-10-23(30-27(33)21-8-9-21)13-24(25)28(34)31(3)16-26(18)35-4/h5-7,10-13,18-19,21,26H,8-9,14-17H2,1-4H3,(H,30,33)/t18-,19-,26-/m0/s1. The van der Waals surface area contributed by atoms with Gasteiger partial charge in [-0.05, 0) is 61.6 Å². The molecule has 1 aliphatic carbocycles. The monoisotopic (exact) mass is 497 g/mol. The number of nitrogens with zero attached hydrogens (tertiary/aromatic N) is 2. The fraction of sp³-hybridized carbons (Fsp3) is 0.500. The van der Waals surface area contributed by atoms with Crippen LogP contribution in [0.25, 0.3) is 0 Å². The first-order valence-electron chi connectivity index (χ1n) is 12.6. The van der Waals surface area contributed by atoms with Crippen molar-refractivity contribution in [1.82, 2.24) is 9.80 Å². The van der Waals surface area contributed by atoms with Crippen LogP contribution < -0.4 is 10.1 Å². The van der Waals surface area contributed by atoms with Crippen molar-refractivity contribution in [3.8, 4) is 5.75 Å². The number of methoxy groups -OCH3 is 1. The van der Waals surface area contributed by atoms with Gasteiger partial charge in [0.25, 0.3) is 5.91 Å². The molecule has 0 spiro atoms. The lowest BCUT2D eigenvalue weighted by Crippen LogP contribution is -2.46. The third-order valence-corrected chi connectivity index (χ3v) is 7.06. The number of anilines is 1. The molecule has 3 atom stereocenters. The summed E-state index contributed by atoms with van der Waals surface area (Å²) < 4.78 is 25.8. The molecule has 0 radical (unpaired) electrons. The van der Waals surface area contributed by atoms with Crippen LogP contribution in [0.1, 0.15) is 42.6 Å². The molecule has 4 rings (SSSR count). The van der Waals surface area contributed by atoms with Crippen LogP contribution in [0.15, 0.2) is 42.5 Å². The molecule has 2 aromatic rings. The maximum atomic E-state index is 13.9. The van der Waals surface area contributed by atoms with Crippen LogP contribution in [-0.2, 0) is 16.1 Å². The summed E-state index contributed by atoms with van der Waals surface area (Å²) in [5.74, 6) is 0.175. The van der Waals surface area contributed by atoms with Gasteiger partial charge >= 0.3 is 0 Å². The molecule has 0 bridgehead atoms. The first-order valence-corrected chi connectivity index (χ1v) is 12.6. The second kappa shape index (κ2) is 11.4. The van der Waals surface area contributed by atoms with Crippen LogP contribution in [0.4, 0.5) is 10.1 Å². The predicted molar refractivity (Wildman–Crippen MR) is 136 cm³/mol. The van der Waals surface area contributed by atoms with Crippen molar-refractivity contribution in [1.29, 1.82) is 0 Å². The zero-order valence-corrected chi connectivity index (χ0v) is 21.5. The van der Waals surface area contributed by atoms with Crippen molar-refractivity contribution in [2.75, 3.05) is 39.2 Å². The lowest BCUT2D eigenvalue weighted by atomic mass is 10.0. The molecule has 36 heavy (non-hydrogen) atoms. The van der Waals surface area contributed by atoms with Gasteiger partial charge in [-0.25, -0.2) is 4.39 Å². The predicted octanol–water partition coefficient (Wildman–Crippen LogP) is 4.18. The highest BCUT2D eigenvalue weighted by molar-refractivity contribution is 6.00. The van der Waals surface area contributed by atoms with Gasteiger partial charge in [0.2, 0.25) is 5.91 Å². The molecule has 7 nitrogen and oxygen atoms in total. The first-order chi connectivity index (χ1) is 17.2. The Kier molecular flexibility index (Phi) is 8.26. The summed E-state index contributed by atoms with van der Waals surface area (Å²) >= 11 is 0. The molecule has 1 heterocycles. The van der Waals surface area contributed by atoms with Crippen LogP contribution in [0.3, 0.4) is 0 Å². The number of rotatable bonds is 5. The number of carbonyl (C=O) groups is 2. The summed E-state index contributed by atoms with van der Waals surface area (Å²) in [6.07, 6.45) is 1.62. The fourth-order valence-corrected chi connectivity index (χ4v) is 4.61. The number of amides is 2. The normalized spacial score (nSPS) is 23.8. The van der Waals surface area contributed by atoms with E-state index in [2.05, 4.69) is 24.1 Å². The molecule has 2 amide bonds. The van der Waals surface area contributed by atoms with Crippen molar-refractivity contribution < 1.29 is 23.5 Å². The SMILES string of the molecule is CO[C@H]1CN(C)C(=O)c2cc(NC(=O)C3CC3)ccc2OC[C@H](C)N(Cc2cccc(F)c2)C[C@@H]1C. The number of nitrogens with one attached hydrogen (secondary N) is 1. The molecule has 1 aliphatic heterocycles. The minimum Gasteiger partial charge on any atom is -0.491 e. The maximum Gasteiger partial charge on any atom is 0.257 e. The molecule has 8 heteroatoms. The van der Waals surface area contributed by atoms with E-state index in [4.69, 9.17) is 9.47 Å². The van der Waals surface area contributed by atoms with E-state index in [-0.39, 0.29) is 41.6 Å². The van der Waals surface area contributed by atoms with Gasteiger partial charge in [-0.1, -0.05) is 19.1 Å². The van der Waals surface area contributed by atoms with E-state index in [1.807, 2.05) is 6.07 Å². The first kappa shape index (κ1) is 26.1. The highest BCUT2D eigenvalue weighted by Crippen LogP contribution is 2.31. The average Bonchev–Trinajstić information content (AvgIpc) is 3.70. The van der Waals surface area contributed by atoms with Crippen LogP contribution in [0, 0.1) is 17.7 Å². The smallest absolute Gasteiger partial charge is 0.257 e. The zero-order valence-electron chi connectivity index (χ0n) is 21.5. The number of likely N-dealkylation sites (N-methyl/N-ethyl adjacent to an activating group) is 1. The summed E-state index contributed by atoms with van der Waals surface area (Å²) in [6, 6.07) is 11.8. The highest BCUT2D eigenvalue weighted by atomic mass is 19.1. The highest BCUT2D eigenvalue weighted by Gasteiger charge is 2.31. The number of carbonyl (C=O) groups excluding carboxylic acids is 2. The summed E-state index contributed by atoms with van der Waals surface area (Å²) in [7, 11) is 3.41. The largest absolute Gasteiger partial charge is 0.491 e. The quantitative estimate of drug-likeness (QED) is 0.671. The molecule has 1 N–H and O–H groups in total. The van der Waals surface area contributed by atoms with Crippen LogP contribution in [0.5, 0.6) is 5.75 Å². The van der Waals surface area contributed by atoms with Crippen LogP contribution in [-0.4, -0.2) is 67.6 Å². The lowest BCUT2D eigenvalue weighted by molar-refractivity contribution is -0.117. The molecule has 0 saturated heterocycles. The average molecular weight is 498 g/mol. The van der Waals surface area contributed by atoms with Gasteiger partial charge in [0.1, 0.15) is 18.2 Å². The Balaban J connectivity index is 1.62. The molecule has 1 fully saturated rings. The second-order valence-corrected chi connectivity index (χ2v) is 10.1. The van der Waals surface area contributed by atoms with Gasteiger partial charge in [-0.2, -0.15) is 0 Å². The van der Waals surface area contributed by atoms with Crippen molar-refractivity contribution in [3.63, 3.8) is 0 Å². The number of halogens is 1. The zero-order chi connectivity index (χ0) is 25.8. The molecular formula is C28H36FN3O4. The molecule has 194 valence electrons. The minimum absolute atomic E-state index is 0.0115. The van der Waals surface area contributed by atoms with Gasteiger partial charge in [-0.15, -0.1) is 0 Å². The molecule has 0 unspecified atom stereocenters. The maximum absolute atomic E-state index is 13.9. The van der Waals surface area contributed by atoms with Gasteiger partial charge < -0.3 is 19.7 Å². The number of benzene rings is 2. The van der Waals surface area contributed by atoms with Crippen molar-refractivity contribution >= 4 is 17.5 Å². The van der Waals surface area contributed by atoms with Gasteiger partial charge in [0.05, 0.1) is 11.7 Å². The Morgan fingerprint density at radius 3 is 2.64 bits per heavy atom. The van der Waals surface area contributed by atoms with E-state index in [9.17, 15) is 14.0 Å². The van der Waals surface area contributed by atoms with Crippen molar-refractivity contribution in [2.45, 2.75) is 45.4 Å². The third kappa shape index (κ3) is 6.42. The van der Waals surface area contributed by atoms with Crippen molar-refractivity contribution in [3.05, 3.63) is 59.4 Å². The van der Waals surface area contributed by atoms with Crippen LogP contribution >= 0.6 is 0 Å².